The average Bonchev–Trinajstić information content (AvgIpc) is 3.71. The van der Waals surface area contributed by atoms with Gasteiger partial charge in [0.05, 0.1) is 11.4 Å². The van der Waals surface area contributed by atoms with Crippen LogP contribution < -0.4 is 4.90 Å². The van der Waals surface area contributed by atoms with Crippen molar-refractivity contribution in [3.63, 3.8) is 0 Å². The van der Waals surface area contributed by atoms with Crippen LogP contribution in [0.25, 0.3) is 66.4 Å². The van der Waals surface area contributed by atoms with Crippen LogP contribution >= 0.6 is 0 Å². The predicted octanol–water partition coefficient (Wildman–Crippen LogP) is 11.7. The van der Waals surface area contributed by atoms with Gasteiger partial charge in [-0.3, -0.25) is 0 Å². The Hall–Kier alpha value is -6.13. The molecule has 0 unspecified atom stereocenters. The summed E-state index contributed by atoms with van der Waals surface area (Å²) in [5, 5.41) is 4.28. The van der Waals surface area contributed by atoms with Crippen molar-refractivity contribution in [2.24, 2.45) is 0 Å². The molecule has 0 aliphatic carbocycles. The van der Waals surface area contributed by atoms with Gasteiger partial charge in [0.2, 0.25) is 5.89 Å². The number of aromatic nitrogens is 1. The first kappa shape index (κ1) is 25.4. The lowest BCUT2D eigenvalue weighted by Gasteiger charge is -2.29. The van der Waals surface area contributed by atoms with Gasteiger partial charge >= 0.3 is 0 Å². The van der Waals surface area contributed by atoms with Gasteiger partial charge in [0.25, 0.3) is 0 Å². The monoisotopic (exact) mass is 578 g/mol. The van der Waals surface area contributed by atoms with Crippen molar-refractivity contribution < 1.29 is 8.83 Å². The second-order valence-electron chi connectivity index (χ2n) is 11.2. The highest BCUT2D eigenvalue weighted by Gasteiger charge is 2.23. The predicted molar refractivity (Wildman–Crippen MR) is 184 cm³/mol. The van der Waals surface area contributed by atoms with Crippen molar-refractivity contribution >= 4 is 60.9 Å². The van der Waals surface area contributed by atoms with Crippen molar-refractivity contribution in [2.45, 2.75) is 0 Å². The molecule has 0 saturated heterocycles. The molecule has 9 aromatic rings. The Labute approximate surface area is 259 Å². The summed E-state index contributed by atoms with van der Waals surface area (Å²) in [7, 11) is 0. The van der Waals surface area contributed by atoms with E-state index in [-0.39, 0.29) is 0 Å². The van der Waals surface area contributed by atoms with E-state index < -0.39 is 0 Å². The molecular formula is C41H26N2O2. The van der Waals surface area contributed by atoms with Gasteiger partial charge in [-0.25, -0.2) is 4.98 Å². The van der Waals surface area contributed by atoms with Gasteiger partial charge in [0.1, 0.15) is 16.7 Å². The molecule has 0 bridgehead atoms. The van der Waals surface area contributed by atoms with E-state index in [1.807, 2.05) is 48.5 Å². The van der Waals surface area contributed by atoms with Gasteiger partial charge < -0.3 is 13.7 Å². The fourth-order valence-electron chi connectivity index (χ4n) is 6.43. The van der Waals surface area contributed by atoms with Gasteiger partial charge in [0, 0.05) is 33.0 Å². The summed E-state index contributed by atoms with van der Waals surface area (Å²) in [4.78, 5) is 7.45. The van der Waals surface area contributed by atoms with Gasteiger partial charge in [-0.1, -0.05) is 103 Å². The van der Waals surface area contributed by atoms with Crippen LogP contribution in [0.4, 0.5) is 17.1 Å². The Morgan fingerprint density at radius 1 is 0.467 bits per heavy atom. The van der Waals surface area contributed by atoms with E-state index in [4.69, 9.17) is 13.8 Å². The number of nitrogens with zero attached hydrogens (tertiary/aromatic N) is 2. The summed E-state index contributed by atoms with van der Waals surface area (Å²) in [6.45, 7) is 0. The number of para-hydroxylation sites is 2. The minimum Gasteiger partial charge on any atom is -0.456 e. The molecule has 9 rings (SSSR count). The maximum Gasteiger partial charge on any atom is 0.227 e. The van der Waals surface area contributed by atoms with Gasteiger partial charge in [-0.05, 0) is 65.5 Å². The molecule has 0 spiro atoms. The number of anilines is 3. The first-order valence-corrected chi connectivity index (χ1v) is 15.1. The third-order valence-corrected chi connectivity index (χ3v) is 8.49. The molecule has 7 aromatic carbocycles. The molecule has 4 nitrogen and oxygen atoms in total. The molecule has 0 amide bonds. The Kier molecular flexibility index (Phi) is 5.78. The summed E-state index contributed by atoms with van der Waals surface area (Å²) in [6, 6.07) is 54.4. The van der Waals surface area contributed by atoms with E-state index in [1.165, 1.54) is 0 Å². The molecule has 0 aliphatic rings. The lowest BCUT2D eigenvalue weighted by molar-refractivity contribution is 0.620. The van der Waals surface area contributed by atoms with Crippen LogP contribution in [-0.2, 0) is 0 Å². The summed E-state index contributed by atoms with van der Waals surface area (Å²) in [5.41, 5.74) is 9.64. The Balaban J connectivity index is 1.36. The molecule has 2 aromatic heterocycles. The van der Waals surface area contributed by atoms with E-state index >= 15 is 0 Å². The number of fused-ring (bicyclic) bond motifs is 6. The third-order valence-electron chi connectivity index (χ3n) is 8.49. The number of hydrogen-bond donors (Lipinski definition) is 0. The normalized spacial score (nSPS) is 11.6. The standard InChI is InChI=1S/C41H26N2O2/c1-3-12-27(13-4-1)31-17-7-9-19-34(31)43(30-23-25-37-33(26-30)32-18-8-10-21-36(32)44-37)35-20-11-16-28-22-24-38-40(39(28)35)42-41(45-38)29-14-5-2-6-15-29/h1-26H. The van der Waals surface area contributed by atoms with E-state index in [9.17, 15) is 0 Å². The maximum absolute atomic E-state index is 6.35. The summed E-state index contributed by atoms with van der Waals surface area (Å²) < 4.78 is 12.6. The van der Waals surface area contributed by atoms with Crippen LogP contribution in [0.1, 0.15) is 0 Å². The first-order valence-electron chi connectivity index (χ1n) is 15.1. The van der Waals surface area contributed by atoms with Crippen molar-refractivity contribution in [2.75, 3.05) is 4.90 Å². The second-order valence-corrected chi connectivity index (χ2v) is 11.2. The van der Waals surface area contributed by atoms with Crippen molar-refractivity contribution in [1.82, 2.24) is 4.98 Å². The van der Waals surface area contributed by atoms with E-state index in [1.54, 1.807) is 0 Å². The molecule has 0 fully saturated rings. The number of benzene rings is 7. The maximum atomic E-state index is 6.35. The summed E-state index contributed by atoms with van der Waals surface area (Å²) in [5.74, 6) is 0.607. The lowest BCUT2D eigenvalue weighted by atomic mass is 10.00. The van der Waals surface area contributed by atoms with Crippen LogP contribution in [0.5, 0.6) is 0 Å². The van der Waals surface area contributed by atoms with E-state index in [0.717, 1.165) is 77.6 Å². The summed E-state index contributed by atoms with van der Waals surface area (Å²) in [6.07, 6.45) is 0. The fourth-order valence-corrected chi connectivity index (χ4v) is 6.43. The average molecular weight is 579 g/mol. The number of rotatable bonds is 5. The highest BCUT2D eigenvalue weighted by Crippen LogP contribution is 2.46. The SMILES string of the molecule is c1ccc(-c2nc3c(ccc4cccc(N(c5ccc6oc7ccccc7c6c5)c5ccccc5-c5ccccc5)c43)o2)cc1. The highest BCUT2D eigenvalue weighted by atomic mass is 16.3. The van der Waals surface area contributed by atoms with Crippen molar-refractivity contribution in [3.8, 4) is 22.6 Å². The Morgan fingerprint density at radius 3 is 2.02 bits per heavy atom. The quantitative estimate of drug-likeness (QED) is 0.204. The fraction of sp³-hybridized carbons (Fsp3) is 0. The zero-order valence-corrected chi connectivity index (χ0v) is 24.2. The van der Waals surface area contributed by atoms with Gasteiger partial charge in [0.15, 0.2) is 5.58 Å². The minimum absolute atomic E-state index is 0.607. The Bertz CT molecular complexity index is 2490. The number of furan rings is 1. The van der Waals surface area contributed by atoms with Crippen LogP contribution in [0.15, 0.2) is 167 Å². The second kappa shape index (κ2) is 10.2. The third kappa shape index (κ3) is 4.19. The zero-order valence-electron chi connectivity index (χ0n) is 24.2. The van der Waals surface area contributed by atoms with E-state index in [2.05, 4.69) is 114 Å². The number of hydrogen-bond acceptors (Lipinski definition) is 4. The molecule has 0 N–H and O–H groups in total. The van der Waals surface area contributed by atoms with Gasteiger partial charge in [-0.2, -0.15) is 0 Å². The van der Waals surface area contributed by atoms with Gasteiger partial charge in [-0.15, -0.1) is 0 Å². The number of oxazole rings is 1. The molecule has 0 saturated carbocycles. The minimum atomic E-state index is 0.607. The topological polar surface area (TPSA) is 42.4 Å². The molecule has 2 heterocycles. The van der Waals surface area contributed by atoms with E-state index in [0.29, 0.717) is 5.89 Å². The first-order chi connectivity index (χ1) is 22.3. The smallest absolute Gasteiger partial charge is 0.227 e. The van der Waals surface area contributed by atoms with Crippen LogP contribution in [-0.4, -0.2) is 4.98 Å². The molecule has 45 heavy (non-hydrogen) atoms. The van der Waals surface area contributed by atoms with Crippen LogP contribution in [0.3, 0.4) is 0 Å². The molecule has 0 aliphatic heterocycles. The van der Waals surface area contributed by atoms with Crippen LogP contribution in [0, 0.1) is 0 Å². The van der Waals surface area contributed by atoms with Crippen molar-refractivity contribution in [3.05, 3.63) is 158 Å². The molecule has 0 atom stereocenters. The highest BCUT2D eigenvalue weighted by molar-refractivity contribution is 6.14. The molecular weight excluding hydrogens is 552 g/mol. The Morgan fingerprint density at radius 2 is 1.16 bits per heavy atom. The lowest BCUT2D eigenvalue weighted by Crippen LogP contribution is -2.12. The van der Waals surface area contributed by atoms with Crippen molar-refractivity contribution in [1.29, 1.82) is 0 Å². The molecule has 212 valence electrons. The zero-order chi connectivity index (χ0) is 29.7. The molecule has 4 heteroatoms. The summed E-state index contributed by atoms with van der Waals surface area (Å²) >= 11 is 0. The molecule has 0 radical (unpaired) electrons. The van der Waals surface area contributed by atoms with Crippen LogP contribution in [0.2, 0.25) is 0 Å². The largest absolute Gasteiger partial charge is 0.456 e.